The summed E-state index contributed by atoms with van der Waals surface area (Å²) in [4.78, 5) is 0. The van der Waals surface area contributed by atoms with Gasteiger partial charge in [0.25, 0.3) is 10.2 Å². The normalized spacial score (nSPS) is 17.2. The van der Waals surface area contributed by atoms with Crippen LogP contribution in [0.2, 0.25) is 0 Å². The molecule has 1 heterocycles. The molecule has 0 aliphatic carbocycles. The number of benzene rings is 1. The van der Waals surface area contributed by atoms with Gasteiger partial charge in [-0.15, -0.1) is 0 Å². The van der Waals surface area contributed by atoms with Gasteiger partial charge in [-0.25, -0.2) is 0 Å². The minimum atomic E-state index is -3.31. The molecule has 0 unspecified atom stereocenters. The van der Waals surface area contributed by atoms with Gasteiger partial charge < -0.3 is 0 Å². The van der Waals surface area contributed by atoms with Crippen molar-refractivity contribution in [2.24, 2.45) is 0 Å². The van der Waals surface area contributed by atoms with Crippen LogP contribution in [0.5, 0.6) is 0 Å². The molecule has 1 fully saturated rings. The molecule has 1 N–H and O–H groups in total. The van der Waals surface area contributed by atoms with Crippen LogP contribution in [0.1, 0.15) is 24.0 Å². The number of nitrogens with zero attached hydrogens (tertiary/aromatic N) is 1. The van der Waals surface area contributed by atoms with E-state index in [0.717, 1.165) is 29.3 Å². The maximum absolute atomic E-state index is 12.0. The average Bonchev–Trinajstić information content (AvgIpc) is 2.91. The molecule has 2 rings (SSSR count). The predicted molar refractivity (Wildman–Crippen MR) is 75.6 cm³/mol. The minimum absolute atomic E-state index is 0.347. The SMILES string of the molecule is O=S(=O)(NCc1cccc(CBr)c1)N1CCCC1. The van der Waals surface area contributed by atoms with Crippen molar-refractivity contribution in [1.82, 2.24) is 9.03 Å². The average molecular weight is 333 g/mol. The zero-order chi connectivity index (χ0) is 13.0. The highest BCUT2D eigenvalue weighted by molar-refractivity contribution is 9.08. The Labute approximate surface area is 117 Å². The number of hydrogen-bond acceptors (Lipinski definition) is 2. The lowest BCUT2D eigenvalue weighted by atomic mass is 10.1. The van der Waals surface area contributed by atoms with E-state index in [2.05, 4.69) is 20.7 Å². The van der Waals surface area contributed by atoms with E-state index >= 15 is 0 Å². The maximum Gasteiger partial charge on any atom is 0.279 e. The Morgan fingerprint density at radius 3 is 2.56 bits per heavy atom. The van der Waals surface area contributed by atoms with Crippen molar-refractivity contribution >= 4 is 26.1 Å². The van der Waals surface area contributed by atoms with Crippen molar-refractivity contribution in [2.45, 2.75) is 24.7 Å². The maximum atomic E-state index is 12.0. The monoisotopic (exact) mass is 332 g/mol. The third-order valence-corrected chi connectivity index (χ3v) is 5.21. The van der Waals surface area contributed by atoms with Crippen LogP contribution in [0.15, 0.2) is 24.3 Å². The van der Waals surface area contributed by atoms with Crippen LogP contribution in [0.3, 0.4) is 0 Å². The Bertz CT molecular complexity index is 499. The van der Waals surface area contributed by atoms with E-state index in [1.165, 1.54) is 4.31 Å². The van der Waals surface area contributed by atoms with Crippen molar-refractivity contribution < 1.29 is 8.42 Å². The van der Waals surface area contributed by atoms with Crippen LogP contribution in [0.25, 0.3) is 0 Å². The van der Waals surface area contributed by atoms with E-state index in [1.54, 1.807) is 0 Å². The molecule has 1 aromatic rings. The second kappa shape index (κ2) is 6.14. The van der Waals surface area contributed by atoms with Gasteiger partial charge in [-0.05, 0) is 24.0 Å². The lowest BCUT2D eigenvalue weighted by Gasteiger charge is -2.16. The summed E-state index contributed by atoms with van der Waals surface area (Å²) in [6.07, 6.45) is 1.92. The van der Waals surface area contributed by atoms with Crippen LogP contribution in [-0.2, 0) is 22.1 Å². The van der Waals surface area contributed by atoms with Gasteiger partial charge in [0.2, 0.25) is 0 Å². The van der Waals surface area contributed by atoms with Gasteiger partial charge in [-0.3, -0.25) is 0 Å². The highest BCUT2D eigenvalue weighted by Crippen LogP contribution is 2.13. The van der Waals surface area contributed by atoms with Crippen molar-refractivity contribution in [2.75, 3.05) is 13.1 Å². The van der Waals surface area contributed by atoms with Gasteiger partial charge in [-0.1, -0.05) is 40.2 Å². The Balaban J connectivity index is 1.97. The lowest BCUT2D eigenvalue weighted by Crippen LogP contribution is -2.38. The number of rotatable bonds is 5. The van der Waals surface area contributed by atoms with Crippen molar-refractivity contribution in [3.05, 3.63) is 35.4 Å². The first kappa shape index (κ1) is 14.0. The Kier molecular flexibility index (Phi) is 4.77. The predicted octanol–water partition coefficient (Wildman–Crippen LogP) is 2.01. The summed E-state index contributed by atoms with van der Waals surface area (Å²) < 4.78 is 28.1. The smallest absolute Gasteiger partial charge is 0.198 e. The summed E-state index contributed by atoms with van der Waals surface area (Å²) in [5.74, 6) is 0. The van der Waals surface area contributed by atoms with Crippen molar-refractivity contribution in [3.8, 4) is 0 Å². The molecular weight excluding hydrogens is 316 g/mol. The van der Waals surface area contributed by atoms with Gasteiger partial charge in [0, 0.05) is 25.0 Å². The minimum Gasteiger partial charge on any atom is -0.198 e. The molecule has 0 spiro atoms. The molecular formula is C12H17BrN2O2S. The first-order valence-electron chi connectivity index (χ1n) is 6.00. The Morgan fingerprint density at radius 2 is 1.89 bits per heavy atom. The molecule has 100 valence electrons. The summed E-state index contributed by atoms with van der Waals surface area (Å²) in [5, 5.41) is 0.777. The molecule has 0 atom stereocenters. The van der Waals surface area contributed by atoms with E-state index in [9.17, 15) is 8.42 Å². The van der Waals surface area contributed by atoms with Crippen LogP contribution in [0, 0.1) is 0 Å². The summed E-state index contributed by atoms with van der Waals surface area (Å²) in [6.45, 7) is 1.62. The first-order valence-corrected chi connectivity index (χ1v) is 8.56. The van der Waals surface area contributed by atoms with E-state index in [-0.39, 0.29) is 0 Å². The molecule has 1 aromatic carbocycles. The fourth-order valence-corrected chi connectivity index (χ4v) is 3.64. The number of alkyl halides is 1. The molecule has 4 nitrogen and oxygen atoms in total. The molecule has 0 aromatic heterocycles. The summed E-state index contributed by atoms with van der Waals surface area (Å²) in [5.41, 5.74) is 2.13. The van der Waals surface area contributed by atoms with Crippen LogP contribution in [-0.4, -0.2) is 25.8 Å². The van der Waals surface area contributed by atoms with Crippen LogP contribution in [0.4, 0.5) is 0 Å². The van der Waals surface area contributed by atoms with Gasteiger partial charge in [0.15, 0.2) is 0 Å². The zero-order valence-electron chi connectivity index (χ0n) is 10.1. The molecule has 0 saturated carbocycles. The summed E-state index contributed by atoms with van der Waals surface area (Å²) in [6, 6.07) is 7.88. The topological polar surface area (TPSA) is 49.4 Å². The molecule has 1 saturated heterocycles. The van der Waals surface area contributed by atoms with Gasteiger partial charge in [0.1, 0.15) is 0 Å². The molecule has 0 amide bonds. The fraction of sp³-hybridized carbons (Fsp3) is 0.500. The number of halogens is 1. The summed E-state index contributed by atoms with van der Waals surface area (Å²) in [7, 11) is -3.31. The Morgan fingerprint density at radius 1 is 1.22 bits per heavy atom. The standard InChI is InChI=1S/C12H17BrN2O2S/c13-9-11-4-3-5-12(8-11)10-14-18(16,17)15-6-1-2-7-15/h3-5,8,14H,1-2,6-7,9-10H2. The van der Waals surface area contributed by atoms with Gasteiger partial charge >= 0.3 is 0 Å². The van der Waals surface area contributed by atoms with E-state index in [1.807, 2.05) is 24.3 Å². The van der Waals surface area contributed by atoms with Gasteiger partial charge in [-0.2, -0.15) is 17.4 Å². The molecule has 0 bridgehead atoms. The Hall–Kier alpha value is -0.430. The largest absolute Gasteiger partial charge is 0.279 e. The fourth-order valence-electron chi connectivity index (χ4n) is 2.02. The zero-order valence-corrected chi connectivity index (χ0v) is 12.5. The highest BCUT2D eigenvalue weighted by Gasteiger charge is 2.24. The quantitative estimate of drug-likeness (QED) is 0.838. The molecule has 1 aliphatic rings. The number of nitrogens with one attached hydrogen (secondary N) is 1. The van der Waals surface area contributed by atoms with Crippen molar-refractivity contribution in [3.63, 3.8) is 0 Å². The highest BCUT2D eigenvalue weighted by atomic mass is 79.9. The lowest BCUT2D eigenvalue weighted by molar-refractivity contribution is 0.464. The first-order chi connectivity index (χ1) is 8.62. The van der Waals surface area contributed by atoms with E-state index < -0.39 is 10.2 Å². The third-order valence-electron chi connectivity index (χ3n) is 3.01. The second-order valence-corrected chi connectivity index (χ2v) is 6.70. The van der Waals surface area contributed by atoms with Crippen molar-refractivity contribution in [1.29, 1.82) is 0 Å². The molecule has 6 heteroatoms. The number of hydrogen-bond donors (Lipinski definition) is 1. The van der Waals surface area contributed by atoms with E-state index in [0.29, 0.717) is 19.6 Å². The third kappa shape index (κ3) is 3.54. The van der Waals surface area contributed by atoms with Gasteiger partial charge in [0.05, 0.1) is 0 Å². The van der Waals surface area contributed by atoms with Crippen LogP contribution < -0.4 is 4.72 Å². The summed E-state index contributed by atoms with van der Waals surface area (Å²) >= 11 is 3.39. The van der Waals surface area contributed by atoms with E-state index in [4.69, 9.17) is 0 Å². The molecule has 18 heavy (non-hydrogen) atoms. The molecule has 1 aliphatic heterocycles. The molecule has 0 radical (unpaired) electrons. The van der Waals surface area contributed by atoms with Crippen LogP contribution >= 0.6 is 15.9 Å². The second-order valence-electron chi connectivity index (χ2n) is 4.39.